The van der Waals surface area contributed by atoms with E-state index in [2.05, 4.69) is 39.1 Å². The van der Waals surface area contributed by atoms with Gasteiger partial charge >= 0.3 is 5.97 Å². The molecule has 1 aromatic carbocycles. The van der Waals surface area contributed by atoms with Crippen molar-refractivity contribution in [3.05, 3.63) is 33.4 Å². The van der Waals surface area contributed by atoms with Crippen molar-refractivity contribution in [1.82, 2.24) is 10.6 Å². The van der Waals surface area contributed by atoms with Gasteiger partial charge in [-0.2, -0.15) is 0 Å². The Morgan fingerprint density at radius 3 is 2.33 bits per heavy atom. The molecule has 6 nitrogen and oxygen atoms in total. The molecule has 0 saturated carbocycles. The Balaban J connectivity index is 2.86. The minimum atomic E-state index is -0.892. The van der Waals surface area contributed by atoms with Gasteiger partial charge in [0.15, 0.2) is 0 Å². The molecule has 0 aliphatic carbocycles. The van der Waals surface area contributed by atoms with Crippen LogP contribution in [0.2, 0.25) is 0 Å². The van der Waals surface area contributed by atoms with E-state index < -0.39 is 24.0 Å². The number of rotatable bonds is 7. The maximum atomic E-state index is 12.3. The van der Waals surface area contributed by atoms with Gasteiger partial charge in [-0.25, -0.2) is 4.79 Å². The summed E-state index contributed by atoms with van der Waals surface area (Å²) in [6, 6.07) is 5.80. The third-order valence-electron chi connectivity index (χ3n) is 3.17. The normalized spacial score (nSPS) is 12.4. The molecule has 0 unspecified atom stereocenters. The number of halogens is 1. The van der Waals surface area contributed by atoms with Crippen LogP contribution >= 0.6 is 22.6 Å². The number of ether oxygens (including phenoxy) is 1. The topological polar surface area (TPSA) is 84.5 Å². The number of hydrogen-bond acceptors (Lipinski definition) is 4. The smallest absolute Gasteiger partial charge is 0.328 e. The SMILES string of the molecule is C#CC[C@H](NC(C)=O)C(=O)N[C@@H](Cc1ccc(I)cc1)C(=O)OC. The van der Waals surface area contributed by atoms with E-state index in [1.165, 1.54) is 14.0 Å². The molecule has 0 bridgehead atoms. The van der Waals surface area contributed by atoms with Gasteiger partial charge in [-0.15, -0.1) is 12.3 Å². The minimum absolute atomic E-state index is 0.0306. The summed E-state index contributed by atoms with van der Waals surface area (Å²) in [5, 5.41) is 5.06. The molecule has 2 atom stereocenters. The number of hydrogen-bond donors (Lipinski definition) is 2. The summed E-state index contributed by atoms with van der Waals surface area (Å²) in [5.74, 6) is 0.867. The van der Waals surface area contributed by atoms with Gasteiger partial charge in [-0.3, -0.25) is 9.59 Å². The zero-order chi connectivity index (χ0) is 18.1. The molecule has 0 fully saturated rings. The summed E-state index contributed by atoms with van der Waals surface area (Å²) >= 11 is 2.18. The highest BCUT2D eigenvalue weighted by Crippen LogP contribution is 2.10. The van der Waals surface area contributed by atoms with Crippen LogP contribution in [-0.4, -0.2) is 37.0 Å². The second-order valence-corrected chi connectivity index (χ2v) is 6.32. The van der Waals surface area contributed by atoms with Crippen molar-refractivity contribution in [3.63, 3.8) is 0 Å². The van der Waals surface area contributed by atoms with Crippen molar-refractivity contribution >= 4 is 40.4 Å². The molecular formula is C17H19IN2O4. The van der Waals surface area contributed by atoms with E-state index in [1.807, 2.05) is 24.3 Å². The van der Waals surface area contributed by atoms with Crippen LogP contribution < -0.4 is 10.6 Å². The summed E-state index contributed by atoms with van der Waals surface area (Å²) in [5.41, 5.74) is 0.874. The Labute approximate surface area is 154 Å². The van der Waals surface area contributed by atoms with Crippen LogP contribution in [0.4, 0.5) is 0 Å². The van der Waals surface area contributed by atoms with Crippen LogP contribution in [0.5, 0.6) is 0 Å². The van der Waals surface area contributed by atoms with Crippen molar-refractivity contribution in [3.8, 4) is 12.3 Å². The Morgan fingerprint density at radius 1 is 1.21 bits per heavy atom. The van der Waals surface area contributed by atoms with Crippen molar-refractivity contribution < 1.29 is 19.1 Å². The summed E-state index contributed by atoms with van der Waals surface area (Å²) < 4.78 is 5.81. The van der Waals surface area contributed by atoms with Gasteiger partial charge in [0.05, 0.1) is 7.11 Å². The minimum Gasteiger partial charge on any atom is -0.467 e. The van der Waals surface area contributed by atoms with Crippen LogP contribution in [0.25, 0.3) is 0 Å². The number of benzene rings is 1. The first kappa shape index (κ1) is 20.0. The summed E-state index contributed by atoms with van der Waals surface area (Å²) in [4.78, 5) is 35.4. The standard InChI is InChI=1S/C17H19IN2O4/c1-4-5-14(19-11(2)21)16(22)20-15(17(23)24-3)10-12-6-8-13(18)9-7-12/h1,6-9,14-15H,5,10H2,2-3H3,(H,19,21)(H,20,22)/t14-,15-/m0/s1. The van der Waals surface area contributed by atoms with E-state index in [9.17, 15) is 14.4 Å². The third-order valence-corrected chi connectivity index (χ3v) is 3.89. The van der Waals surface area contributed by atoms with E-state index in [0.717, 1.165) is 9.13 Å². The van der Waals surface area contributed by atoms with E-state index in [1.54, 1.807) is 0 Å². The predicted molar refractivity (Wildman–Crippen MR) is 97.9 cm³/mol. The number of amides is 2. The molecule has 1 aromatic rings. The van der Waals surface area contributed by atoms with E-state index in [4.69, 9.17) is 11.2 Å². The molecule has 2 N–H and O–H groups in total. The number of terminal acetylenes is 1. The monoisotopic (exact) mass is 442 g/mol. The molecule has 2 amide bonds. The lowest BCUT2D eigenvalue weighted by atomic mass is 10.1. The summed E-state index contributed by atoms with van der Waals surface area (Å²) in [7, 11) is 1.25. The fourth-order valence-corrected chi connectivity index (χ4v) is 2.40. The predicted octanol–water partition coefficient (Wildman–Crippen LogP) is 1.02. The molecule has 1 rings (SSSR count). The molecule has 0 radical (unpaired) electrons. The second-order valence-electron chi connectivity index (χ2n) is 5.08. The highest BCUT2D eigenvalue weighted by Gasteiger charge is 2.26. The molecule has 0 aliphatic heterocycles. The molecule has 128 valence electrons. The largest absolute Gasteiger partial charge is 0.467 e. The van der Waals surface area contributed by atoms with Gasteiger partial charge < -0.3 is 15.4 Å². The lowest BCUT2D eigenvalue weighted by Gasteiger charge is -2.21. The molecule has 0 aliphatic rings. The van der Waals surface area contributed by atoms with Crippen molar-refractivity contribution in [2.45, 2.75) is 31.8 Å². The lowest BCUT2D eigenvalue weighted by Crippen LogP contribution is -2.52. The van der Waals surface area contributed by atoms with Crippen LogP contribution in [0, 0.1) is 15.9 Å². The average Bonchev–Trinajstić information content (AvgIpc) is 2.54. The molecular weight excluding hydrogens is 423 g/mol. The number of esters is 1. The Hall–Kier alpha value is -2.08. The Kier molecular flexibility index (Phi) is 8.26. The summed E-state index contributed by atoms with van der Waals surface area (Å²) in [6.07, 6.45) is 5.53. The molecule has 0 saturated heterocycles. The first-order valence-electron chi connectivity index (χ1n) is 7.20. The highest BCUT2D eigenvalue weighted by molar-refractivity contribution is 14.1. The van der Waals surface area contributed by atoms with Crippen LogP contribution in [0.15, 0.2) is 24.3 Å². The molecule has 0 spiro atoms. The number of nitrogens with one attached hydrogen (secondary N) is 2. The van der Waals surface area contributed by atoms with Crippen LogP contribution in [0.1, 0.15) is 18.9 Å². The Morgan fingerprint density at radius 2 is 1.83 bits per heavy atom. The maximum absolute atomic E-state index is 12.3. The fourth-order valence-electron chi connectivity index (χ4n) is 2.04. The lowest BCUT2D eigenvalue weighted by molar-refractivity contribution is -0.145. The maximum Gasteiger partial charge on any atom is 0.328 e. The van der Waals surface area contributed by atoms with Gasteiger partial charge in [0.25, 0.3) is 0 Å². The van der Waals surface area contributed by atoms with E-state index >= 15 is 0 Å². The van der Waals surface area contributed by atoms with Crippen molar-refractivity contribution in [2.24, 2.45) is 0 Å². The first-order chi connectivity index (χ1) is 11.4. The van der Waals surface area contributed by atoms with Crippen molar-refractivity contribution in [1.29, 1.82) is 0 Å². The second kappa shape index (κ2) is 9.93. The van der Waals surface area contributed by atoms with E-state index in [0.29, 0.717) is 0 Å². The van der Waals surface area contributed by atoms with Gasteiger partial charge in [0, 0.05) is 23.3 Å². The van der Waals surface area contributed by atoms with Crippen LogP contribution in [-0.2, 0) is 25.5 Å². The molecule has 0 heterocycles. The fraction of sp³-hybridized carbons (Fsp3) is 0.353. The molecule has 0 aromatic heterocycles. The average molecular weight is 442 g/mol. The van der Waals surface area contributed by atoms with Gasteiger partial charge in [-0.1, -0.05) is 12.1 Å². The zero-order valence-corrected chi connectivity index (χ0v) is 15.6. The summed E-state index contributed by atoms with van der Waals surface area (Å²) in [6.45, 7) is 1.29. The zero-order valence-electron chi connectivity index (χ0n) is 13.5. The van der Waals surface area contributed by atoms with Crippen molar-refractivity contribution in [2.75, 3.05) is 7.11 Å². The van der Waals surface area contributed by atoms with Gasteiger partial charge in [-0.05, 0) is 40.3 Å². The molecule has 7 heteroatoms. The molecule has 24 heavy (non-hydrogen) atoms. The van der Waals surface area contributed by atoms with E-state index in [-0.39, 0.29) is 18.7 Å². The van der Waals surface area contributed by atoms with Crippen LogP contribution in [0.3, 0.4) is 0 Å². The highest BCUT2D eigenvalue weighted by atomic mass is 127. The number of carbonyl (C=O) groups excluding carboxylic acids is 3. The third kappa shape index (κ3) is 6.58. The first-order valence-corrected chi connectivity index (χ1v) is 8.28. The Bertz CT molecular complexity index is 637. The number of carbonyl (C=O) groups is 3. The number of methoxy groups -OCH3 is 1. The quantitative estimate of drug-likeness (QED) is 0.375. The van der Waals surface area contributed by atoms with Gasteiger partial charge in [0.1, 0.15) is 12.1 Å². The van der Waals surface area contributed by atoms with Gasteiger partial charge in [0.2, 0.25) is 11.8 Å².